The van der Waals surface area contributed by atoms with E-state index in [0.29, 0.717) is 12.3 Å². The number of nitrogens with one attached hydrogen (secondary N) is 1. The summed E-state index contributed by atoms with van der Waals surface area (Å²) in [6.45, 7) is 4.07. The molecular weight excluding hydrogens is 275 g/mol. The minimum Gasteiger partial charge on any atom is -0.348 e. The number of thioether (sulfide) groups is 1. The van der Waals surface area contributed by atoms with Gasteiger partial charge in [-0.25, -0.2) is 4.39 Å². The van der Waals surface area contributed by atoms with E-state index in [1.165, 1.54) is 12.1 Å². The molecule has 0 saturated heterocycles. The molecule has 0 aromatic heterocycles. The average molecular weight is 296 g/mol. The van der Waals surface area contributed by atoms with Gasteiger partial charge in [-0.05, 0) is 42.5 Å². The van der Waals surface area contributed by atoms with Crippen LogP contribution in [0.15, 0.2) is 23.1 Å². The quantitative estimate of drug-likeness (QED) is 0.898. The molecule has 1 aromatic rings. The molecule has 3 nitrogen and oxygen atoms in total. The Bertz CT molecular complexity index is 493. The fourth-order valence-electron chi connectivity index (χ4n) is 2.41. The van der Waals surface area contributed by atoms with Crippen LogP contribution in [0.25, 0.3) is 0 Å². The van der Waals surface area contributed by atoms with Crippen molar-refractivity contribution in [3.63, 3.8) is 0 Å². The Hall–Kier alpha value is -1.07. The predicted molar refractivity (Wildman–Crippen MR) is 80.1 cm³/mol. The average Bonchev–Trinajstić information content (AvgIpc) is 2.38. The maximum absolute atomic E-state index is 13.4. The zero-order valence-electron chi connectivity index (χ0n) is 11.9. The lowest BCUT2D eigenvalue weighted by Gasteiger charge is -2.27. The lowest BCUT2D eigenvalue weighted by molar-refractivity contribution is -0.123. The highest BCUT2D eigenvalue weighted by molar-refractivity contribution is 7.99. The van der Waals surface area contributed by atoms with Crippen LogP contribution in [0.4, 0.5) is 4.39 Å². The van der Waals surface area contributed by atoms with Gasteiger partial charge in [0.15, 0.2) is 0 Å². The van der Waals surface area contributed by atoms with Crippen LogP contribution in [0, 0.1) is 11.7 Å². The molecule has 0 bridgehead atoms. The van der Waals surface area contributed by atoms with E-state index >= 15 is 0 Å². The number of carbonyl (C=O) groups excluding carboxylic acids is 1. The van der Waals surface area contributed by atoms with Crippen molar-refractivity contribution < 1.29 is 9.18 Å². The maximum atomic E-state index is 13.4. The second kappa shape index (κ2) is 6.59. The molecule has 20 heavy (non-hydrogen) atoms. The van der Waals surface area contributed by atoms with Gasteiger partial charge in [0.1, 0.15) is 5.82 Å². The van der Waals surface area contributed by atoms with Crippen molar-refractivity contribution in [2.75, 3.05) is 5.75 Å². The second-order valence-electron chi connectivity index (χ2n) is 5.62. The fourth-order valence-corrected chi connectivity index (χ4v) is 3.51. The standard InChI is InChI=1S/C15H21FN2OS/c1-9(2)7-12(17)15(19)18-13-5-6-20-14-4-3-10(16)8-11(13)14/h3-4,8-9,12-13H,5-7,17H2,1-2H3,(H,18,19). The topological polar surface area (TPSA) is 55.1 Å². The summed E-state index contributed by atoms with van der Waals surface area (Å²) in [6.07, 6.45) is 1.46. The molecule has 0 radical (unpaired) electrons. The fraction of sp³-hybridized carbons (Fsp3) is 0.533. The molecular formula is C15H21FN2OS. The van der Waals surface area contributed by atoms with Crippen molar-refractivity contribution in [3.05, 3.63) is 29.6 Å². The highest BCUT2D eigenvalue weighted by Gasteiger charge is 2.25. The predicted octanol–water partition coefficient (Wildman–Crippen LogP) is 2.85. The lowest BCUT2D eigenvalue weighted by Crippen LogP contribution is -2.43. The van der Waals surface area contributed by atoms with E-state index in [1.807, 2.05) is 13.8 Å². The van der Waals surface area contributed by atoms with Gasteiger partial charge in [-0.15, -0.1) is 11.8 Å². The van der Waals surface area contributed by atoms with Crippen LogP contribution in [0.5, 0.6) is 0 Å². The van der Waals surface area contributed by atoms with Gasteiger partial charge in [0, 0.05) is 10.6 Å². The van der Waals surface area contributed by atoms with Crippen LogP contribution in [-0.2, 0) is 4.79 Å². The third-order valence-electron chi connectivity index (χ3n) is 3.39. The molecule has 5 heteroatoms. The summed E-state index contributed by atoms with van der Waals surface area (Å²) in [6, 6.07) is 4.12. The van der Waals surface area contributed by atoms with E-state index in [4.69, 9.17) is 5.73 Å². The summed E-state index contributed by atoms with van der Waals surface area (Å²) >= 11 is 1.70. The van der Waals surface area contributed by atoms with Gasteiger partial charge in [-0.3, -0.25) is 4.79 Å². The summed E-state index contributed by atoms with van der Waals surface area (Å²) in [7, 11) is 0. The molecule has 1 aromatic carbocycles. The van der Waals surface area contributed by atoms with Crippen LogP contribution < -0.4 is 11.1 Å². The normalized spacial score (nSPS) is 19.6. The first kappa shape index (κ1) is 15.3. The third kappa shape index (κ3) is 3.73. The number of benzene rings is 1. The Kier molecular flexibility index (Phi) is 5.05. The van der Waals surface area contributed by atoms with E-state index in [1.54, 1.807) is 17.8 Å². The Morgan fingerprint density at radius 3 is 3.00 bits per heavy atom. The van der Waals surface area contributed by atoms with Gasteiger partial charge < -0.3 is 11.1 Å². The minimum atomic E-state index is -0.499. The van der Waals surface area contributed by atoms with Gasteiger partial charge in [0.25, 0.3) is 0 Å². The zero-order valence-corrected chi connectivity index (χ0v) is 12.7. The Labute approximate surface area is 123 Å². The van der Waals surface area contributed by atoms with Crippen molar-refractivity contribution in [2.45, 2.75) is 43.7 Å². The molecule has 1 aliphatic heterocycles. The summed E-state index contributed by atoms with van der Waals surface area (Å²) in [5.74, 6) is 0.883. The molecule has 110 valence electrons. The van der Waals surface area contributed by atoms with E-state index < -0.39 is 6.04 Å². The van der Waals surface area contributed by atoms with Gasteiger partial charge in [-0.1, -0.05) is 13.8 Å². The molecule has 0 saturated carbocycles. The molecule has 2 atom stereocenters. The van der Waals surface area contributed by atoms with E-state index in [9.17, 15) is 9.18 Å². The number of carbonyl (C=O) groups is 1. The third-order valence-corrected chi connectivity index (χ3v) is 4.51. The summed E-state index contributed by atoms with van der Waals surface area (Å²) in [5.41, 5.74) is 6.76. The largest absolute Gasteiger partial charge is 0.348 e. The van der Waals surface area contributed by atoms with Crippen LogP contribution in [-0.4, -0.2) is 17.7 Å². The molecule has 1 heterocycles. The smallest absolute Gasteiger partial charge is 0.237 e. The molecule has 0 spiro atoms. The zero-order chi connectivity index (χ0) is 14.7. The molecule has 3 N–H and O–H groups in total. The first-order chi connectivity index (χ1) is 9.47. The van der Waals surface area contributed by atoms with Crippen molar-refractivity contribution >= 4 is 17.7 Å². The number of amides is 1. The van der Waals surface area contributed by atoms with Crippen molar-refractivity contribution in [2.24, 2.45) is 11.7 Å². The Morgan fingerprint density at radius 2 is 2.30 bits per heavy atom. The summed E-state index contributed by atoms with van der Waals surface area (Å²) < 4.78 is 13.4. The van der Waals surface area contributed by atoms with E-state index in [-0.39, 0.29) is 17.8 Å². The number of hydrogen-bond acceptors (Lipinski definition) is 3. The number of halogens is 1. The van der Waals surface area contributed by atoms with Crippen LogP contribution in [0.3, 0.4) is 0 Å². The van der Waals surface area contributed by atoms with E-state index in [2.05, 4.69) is 5.32 Å². The highest BCUT2D eigenvalue weighted by Crippen LogP contribution is 2.36. The van der Waals surface area contributed by atoms with Gasteiger partial charge in [0.2, 0.25) is 5.91 Å². The monoisotopic (exact) mass is 296 g/mol. The summed E-state index contributed by atoms with van der Waals surface area (Å²) in [5, 5.41) is 2.96. The maximum Gasteiger partial charge on any atom is 0.237 e. The first-order valence-electron chi connectivity index (χ1n) is 6.95. The van der Waals surface area contributed by atoms with Gasteiger partial charge in [-0.2, -0.15) is 0 Å². The Balaban J connectivity index is 2.08. The number of hydrogen-bond donors (Lipinski definition) is 2. The van der Waals surface area contributed by atoms with Crippen molar-refractivity contribution in [1.29, 1.82) is 0 Å². The lowest BCUT2D eigenvalue weighted by atomic mass is 10.0. The molecule has 1 amide bonds. The number of fused-ring (bicyclic) bond motifs is 1. The van der Waals surface area contributed by atoms with Gasteiger partial charge >= 0.3 is 0 Å². The van der Waals surface area contributed by atoms with E-state index in [0.717, 1.165) is 22.6 Å². The molecule has 2 unspecified atom stereocenters. The van der Waals surface area contributed by atoms with Crippen LogP contribution in [0.1, 0.15) is 38.3 Å². The van der Waals surface area contributed by atoms with Crippen LogP contribution >= 0.6 is 11.8 Å². The first-order valence-corrected chi connectivity index (χ1v) is 7.94. The highest BCUT2D eigenvalue weighted by atomic mass is 32.2. The second-order valence-corrected chi connectivity index (χ2v) is 6.75. The molecule has 1 aliphatic rings. The summed E-state index contributed by atoms with van der Waals surface area (Å²) in [4.78, 5) is 13.1. The van der Waals surface area contributed by atoms with Crippen LogP contribution in [0.2, 0.25) is 0 Å². The molecule has 0 aliphatic carbocycles. The molecule has 0 fully saturated rings. The minimum absolute atomic E-state index is 0.132. The SMILES string of the molecule is CC(C)CC(N)C(=O)NC1CCSc2ccc(F)cc21. The number of nitrogens with two attached hydrogens (primary N) is 1. The van der Waals surface area contributed by atoms with Crippen molar-refractivity contribution in [3.8, 4) is 0 Å². The Morgan fingerprint density at radius 1 is 1.55 bits per heavy atom. The molecule has 2 rings (SSSR count). The number of rotatable bonds is 4. The van der Waals surface area contributed by atoms with Crippen molar-refractivity contribution in [1.82, 2.24) is 5.32 Å². The van der Waals surface area contributed by atoms with Gasteiger partial charge in [0.05, 0.1) is 12.1 Å².